The van der Waals surface area contributed by atoms with Gasteiger partial charge in [0.1, 0.15) is 24.7 Å². The van der Waals surface area contributed by atoms with Crippen molar-refractivity contribution in [3.63, 3.8) is 0 Å². The number of fused-ring (bicyclic) bond motifs is 2. The molecule has 0 aliphatic rings. The Balaban J connectivity index is 1.86. The zero-order chi connectivity index (χ0) is 33.9. The maximum absolute atomic E-state index is 12.6. The fourth-order valence-electron chi connectivity index (χ4n) is 5.35. The lowest BCUT2D eigenvalue weighted by molar-refractivity contribution is -0.155. The Bertz CT molecular complexity index is 1380. The quantitative estimate of drug-likeness (QED) is 0.0515. The maximum atomic E-state index is 12.6. The lowest BCUT2D eigenvalue weighted by Crippen LogP contribution is -2.30. The van der Waals surface area contributed by atoms with Crippen LogP contribution < -0.4 is 9.47 Å². The highest BCUT2D eigenvalue weighted by atomic mass is 79.9. The molecule has 47 heavy (non-hydrogen) atoms. The lowest BCUT2D eigenvalue weighted by Gasteiger charge is -2.23. The number of benzene rings is 3. The minimum Gasteiger partial charge on any atom is -0.488 e. The summed E-state index contributed by atoms with van der Waals surface area (Å²) in [5.41, 5.74) is 0. The van der Waals surface area contributed by atoms with Crippen LogP contribution in [0.3, 0.4) is 0 Å². The molecular weight excluding hydrogens is 664 g/mol. The highest BCUT2D eigenvalue weighted by molar-refractivity contribution is 9.10. The molecule has 0 saturated carbocycles. The third kappa shape index (κ3) is 12.9. The minimum atomic E-state index is -0.554. The average Bonchev–Trinajstić information content (AvgIpc) is 3.07. The molecule has 0 N–H and O–H groups in total. The largest absolute Gasteiger partial charge is 0.488 e. The summed E-state index contributed by atoms with van der Waals surface area (Å²) in [5, 5.41) is 3.39. The van der Waals surface area contributed by atoms with Crippen LogP contribution in [0.25, 0.3) is 21.5 Å². The molecule has 0 aliphatic carbocycles. The average molecular weight is 718 g/mol. The van der Waals surface area contributed by atoms with Gasteiger partial charge < -0.3 is 28.4 Å². The molecule has 0 aromatic heterocycles. The van der Waals surface area contributed by atoms with E-state index < -0.39 is 12.2 Å². The first-order valence-electron chi connectivity index (χ1n) is 17.4. The monoisotopic (exact) mass is 716 g/mol. The maximum Gasteiger partial charge on any atom is 0.306 e. The summed E-state index contributed by atoms with van der Waals surface area (Å²) in [6, 6.07) is 13.8. The number of rotatable bonds is 24. The van der Waals surface area contributed by atoms with Crippen molar-refractivity contribution >= 4 is 49.4 Å². The van der Waals surface area contributed by atoms with Gasteiger partial charge >= 0.3 is 11.9 Å². The molecule has 0 aliphatic heterocycles. The molecule has 8 nitrogen and oxygen atoms in total. The zero-order valence-corrected chi connectivity index (χ0v) is 30.2. The van der Waals surface area contributed by atoms with Gasteiger partial charge in [0.05, 0.1) is 13.2 Å². The van der Waals surface area contributed by atoms with Gasteiger partial charge in [-0.15, -0.1) is 0 Å². The second-order valence-electron chi connectivity index (χ2n) is 11.7. The molecule has 9 heteroatoms. The standard InChI is InChI=1S/C38H53BrO8/c1-5-9-11-13-19-35(40)46-29(24-42-7-3)26-44-37-31-17-15-16-18-32(31)38(34-23-28(39)21-22-33(34)37)45-27-30(25-43-8-4)47-36(41)20-14-12-10-6-2/h15-18,21-23,29-30H,5-14,19-20,24-27H2,1-4H3. The third-order valence-corrected chi connectivity index (χ3v) is 8.29. The summed E-state index contributed by atoms with van der Waals surface area (Å²) in [4.78, 5) is 25.3. The number of halogens is 1. The minimum absolute atomic E-state index is 0.136. The smallest absolute Gasteiger partial charge is 0.306 e. The van der Waals surface area contributed by atoms with Crippen LogP contribution in [0, 0.1) is 0 Å². The van der Waals surface area contributed by atoms with E-state index in [1.807, 2.05) is 56.3 Å². The second kappa shape index (κ2) is 21.9. The predicted octanol–water partition coefficient (Wildman–Crippen LogP) is 9.35. The molecule has 3 aromatic carbocycles. The number of unbranched alkanes of at least 4 members (excludes halogenated alkanes) is 6. The van der Waals surface area contributed by atoms with E-state index >= 15 is 0 Å². The Labute approximate surface area is 288 Å². The van der Waals surface area contributed by atoms with Gasteiger partial charge in [0, 0.05) is 52.1 Å². The van der Waals surface area contributed by atoms with Crippen molar-refractivity contribution < 1.29 is 38.0 Å². The summed E-state index contributed by atoms with van der Waals surface area (Å²) in [6.45, 7) is 9.90. The molecule has 0 saturated heterocycles. The van der Waals surface area contributed by atoms with Crippen LogP contribution in [0.15, 0.2) is 46.9 Å². The summed E-state index contributed by atoms with van der Waals surface area (Å²) in [6.07, 6.45) is 7.72. The van der Waals surface area contributed by atoms with Gasteiger partial charge in [0.15, 0.2) is 12.2 Å². The first kappa shape index (κ1) is 38.6. The Kier molecular flexibility index (Phi) is 18.0. The van der Waals surface area contributed by atoms with E-state index in [4.69, 9.17) is 28.4 Å². The number of carbonyl (C=O) groups is 2. The summed E-state index contributed by atoms with van der Waals surface area (Å²) >= 11 is 3.63. The molecule has 3 aromatic rings. The van der Waals surface area contributed by atoms with Crippen molar-refractivity contribution in [2.75, 3.05) is 39.6 Å². The van der Waals surface area contributed by atoms with Crippen molar-refractivity contribution in [2.45, 2.75) is 104 Å². The van der Waals surface area contributed by atoms with Crippen molar-refractivity contribution in [3.05, 3.63) is 46.9 Å². The number of ether oxygens (including phenoxy) is 6. The van der Waals surface area contributed by atoms with Crippen LogP contribution in [0.2, 0.25) is 0 Å². The SMILES string of the molecule is CCCCCCC(=O)OC(COCC)COc1c2ccccc2c(OCC(COCC)OC(=O)CCCCCC)c2cc(Br)ccc12. The van der Waals surface area contributed by atoms with E-state index in [1.165, 1.54) is 0 Å². The predicted molar refractivity (Wildman–Crippen MR) is 190 cm³/mol. The highest BCUT2D eigenvalue weighted by Crippen LogP contribution is 2.44. The fourth-order valence-corrected chi connectivity index (χ4v) is 5.71. The van der Waals surface area contributed by atoms with Gasteiger partial charge in [-0.25, -0.2) is 0 Å². The summed E-state index contributed by atoms with van der Waals surface area (Å²) in [5.74, 6) is 0.855. The highest BCUT2D eigenvalue weighted by Gasteiger charge is 2.22. The van der Waals surface area contributed by atoms with E-state index in [9.17, 15) is 9.59 Å². The number of hydrogen-bond acceptors (Lipinski definition) is 8. The van der Waals surface area contributed by atoms with Crippen molar-refractivity contribution in [1.82, 2.24) is 0 Å². The number of hydrogen-bond donors (Lipinski definition) is 0. The van der Waals surface area contributed by atoms with Crippen LogP contribution in [0.5, 0.6) is 11.5 Å². The molecule has 0 amide bonds. The van der Waals surface area contributed by atoms with Gasteiger partial charge in [-0.05, 0) is 44.9 Å². The Morgan fingerprint density at radius 1 is 0.596 bits per heavy atom. The molecule has 0 radical (unpaired) electrons. The zero-order valence-electron chi connectivity index (χ0n) is 28.7. The fraction of sp³-hybridized carbons (Fsp3) is 0.579. The van der Waals surface area contributed by atoms with E-state index in [0.29, 0.717) is 37.6 Å². The topological polar surface area (TPSA) is 89.5 Å². The van der Waals surface area contributed by atoms with E-state index in [2.05, 4.69) is 29.8 Å². The molecule has 0 bridgehead atoms. The van der Waals surface area contributed by atoms with Gasteiger partial charge in [0.2, 0.25) is 0 Å². The Morgan fingerprint density at radius 2 is 1.06 bits per heavy atom. The normalized spacial score (nSPS) is 12.6. The molecule has 0 fully saturated rings. The van der Waals surface area contributed by atoms with Crippen LogP contribution in [0.4, 0.5) is 0 Å². The van der Waals surface area contributed by atoms with E-state index in [1.54, 1.807) is 0 Å². The molecule has 2 unspecified atom stereocenters. The van der Waals surface area contributed by atoms with Crippen molar-refractivity contribution in [1.29, 1.82) is 0 Å². The summed E-state index contributed by atoms with van der Waals surface area (Å²) < 4.78 is 36.8. The van der Waals surface area contributed by atoms with Crippen LogP contribution in [0.1, 0.15) is 91.9 Å². The molecular formula is C38H53BrO8. The van der Waals surface area contributed by atoms with Gasteiger partial charge in [-0.1, -0.05) is 92.6 Å². The summed E-state index contributed by atoms with van der Waals surface area (Å²) in [7, 11) is 0. The first-order chi connectivity index (χ1) is 22.9. The second-order valence-corrected chi connectivity index (χ2v) is 12.6. The molecule has 2 atom stereocenters. The molecule has 3 rings (SSSR count). The first-order valence-corrected chi connectivity index (χ1v) is 18.1. The molecule has 0 spiro atoms. The van der Waals surface area contributed by atoms with Gasteiger partial charge in [0.25, 0.3) is 0 Å². The van der Waals surface area contributed by atoms with Crippen LogP contribution in [-0.4, -0.2) is 63.8 Å². The number of esters is 2. The lowest BCUT2D eigenvalue weighted by atomic mass is 10.0. The van der Waals surface area contributed by atoms with Gasteiger partial charge in [-0.3, -0.25) is 9.59 Å². The van der Waals surface area contributed by atoms with Crippen LogP contribution in [-0.2, 0) is 28.5 Å². The Hall–Kier alpha value is -2.88. The van der Waals surface area contributed by atoms with Crippen molar-refractivity contribution in [3.8, 4) is 11.5 Å². The molecule has 260 valence electrons. The third-order valence-electron chi connectivity index (χ3n) is 7.80. The van der Waals surface area contributed by atoms with Crippen molar-refractivity contribution in [2.24, 2.45) is 0 Å². The van der Waals surface area contributed by atoms with E-state index in [0.717, 1.165) is 77.4 Å². The molecule has 0 heterocycles. The van der Waals surface area contributed by atoms with Gasteiger partial charge in [-0.2, -0.15) is 0 Å². The Morgan fingerprint density at radius 3 is 1.53 bits per heavy atom. The van der Waals surface area contributed by atoms with E-state index in [-0.39, 0.29) is 38.4 Å². The number of carbonyl (C=O) groups excluding carboxylic acids is 2. The van der Waals surface area contributed by atoms with Crippen LogP contribution >= 0.6 is 15.9 Å².